The van der Waals surface area contributed by atoms with Crippen LogP contribution in [0.3, 0.4) is 0 Å². The van der Waals surface area contributed by atoms with Crippen molar-refractivity contribution in [2.24, 2.45) is 0 Å². The molecular weight excluding hydrogens is 182 g/mol. The second-order valence-corrected chi connectivity index (χ2v) is 3.94. The molecular formula is C10H11NOS. The second kappa shape index (κ2) is 3.44. The Morgan fingerprint density at radius 2 is 2.46 bits per heavy atom. The van der Waals surface area contributed by atoms with Gasteiger partial charge < -0.3 is 5.11 Å². The molecule has 1 N–H and O–H groups in total. The summed E-state index contributed by atoms with van der Waals surface area (Å²) in [6.45, 7) is 1.96. The number of aromatic nitrogens is 1. The first-order valence-corrected chi connectivity index (χ1v) is 5.20. The van der Waals surface area contributed by atoms with Crippen LogP contribution in [0, 0.1) is 0 Å². The van der Waals surface area contributed by atoms with Gasteiger partial charge in [-0.25, -0.2) is 0 Å². The molecule has 3 heteroatoms. The summed E-state index contributed by atoms with van der Waals surface area (Å²) in [6.07, 6.45) is 2.11. The molecule has 1 atom stereocenters. The zero-order chi connectivity index (χ0) is 9.26. The van der Waals surface area contributed by atoms with Crippen LogP contribution in [-0.4, -0.2) is 10.1 Å². The molecule has 0 radical (unpaired) electrons. The molecule has 0 fully saturated rings. The number of fused-ring (bicyclic) bond motifs is 1. The fourth-order valence-corrected chi connectivity index (χ4v) is 2.07. The number of thiophene rings is 1. The predicted octanol–water partition coefficient (Wildman–Crippen LogP) is 2.74. The summed E-state index contributed by atoms with van der Waals surface area (Å²) in [7, 11) is 0. The van der Waals surface area contributed by atoms with E-state index in [-0.39, 0.29) is 6.10 Å². The van der Waals surface area contributed by atoms with Gasteiger partial charge in [0, 0.05) is 11.8 Å². The van der Waals surface area contributed by atoms with Gasteiger partial charge in [0.2, 0.25) is 0 Å². The standard InChI is InChI=1S/C10H11NOS/c1-2-9(12)7-5-10-8(11-6-7)3-4-13-10/h3-6,9,12H,2H2,1H3/t9-/m1/s1. The van der Waals surface area contributed by atoms with Gasteiger partial charge in [-0.1, -0.05) is 6.92 Å². The lowest BCUT2D eigenvalue weighted by molar-refractivity contribution is 0.173. The van der Waals surface area contributed by atoms with Gasteiger partial charge in [0.1, 0.15) is 0 Å². The Bertz CT molecular complexity index is 410. The summed E-state index contributed by atoms with van der Waals surface area (Å²) in [5.41, 5.74) is 1.93. The minimum absolute atomic E-state index is 0.376. The Labute approximate surface area is 80.9 Å². The molecule has 2 heterocycles. The first-order chi connectivity index (χ1) is 6.31. The van der Waals surface area contributed by atoms with Crippen molar-refractivity contribution in [3.05, 3.63) is 29.3 Å². The molecule has 0 aromatic carbocycles. The fraction of sp³-hybridized carbons (Fsp3) is 0.300. The summed E-state index contributed by atoms with van der Waals surface area (Å²) in [6, 6.07) is 4.00. The zero-order valence-corrected chi connectivity index (χ0v) is 8.21. The highest BCUT2D eigenvalue weighted by Crippen LogP contribution is 2.23. The van der Waals surface area contributed by atoms with Crippen LogP contribution in [-0.2, 0) is 0 Å². The van der Waals surface area contributed by atoms with Gasteiger partial charge in [0.05, 0.1) is 16.3 Å². The first-order valence-electron chi connectivity index (χ1n) is 4.32. The van der Waals surface area contributed by atoms with Crippen molar-refractivity contribution < 1.29 is 5.11 Å². The number of pyridine rings is 1. The molecule has 0 amide bonds. The minimum atomic E-state index is -0.376. The average Bonchev–Trinajstić information content (AvgIpc) is 2.63. The Balaban J connectivity index is 2.48. The highest BCUT2D eigenvalue weighted by molar-refractivity contribution is 7.17. The molecule has 2 aromatic rings. The maximum atomic E-state index is 9.59. The molecule has 2 aromatic heterocycles. The Kier molecular flexibility index (Phi) is 2.29. The molecule has 2 nitrogen and oxygen atoms in total. The van der Waals surface area contributed by atoms with E-state index in [0.717, 1.165) is 22.2 Å². The second-order valence-electron chi connectivity index (χ2n) is 3.00. The van der Waals surface area contributed by atoms with Crippen molar-refractivity contribution in [3.63, 3.8) is 0 Å². The fourth-order valence-electron chi connectivity index (χ4n) is 1.28. The van der Waals surface area contributed by atoms with Crippen molar-refractivity contribution in [3.8, 4) is 0 Å². The molecule has 0 spiro atoms. The van der Waals surface area contributed by atoms with Crippen LogP contribution in [0.4, 0.5) is 0 Å². The zero-order valence-electron chi connectivity index (χ0n) is 7.40. The van der Waals surface area contributed by atoms with Crippen molar-refractivity contribution >= 4 is 21.6 Å². The van der Waals surface area contributed by atoms with E-state index in [1.807, 2.05) is 24.4 Å². The first kappa shape index (κ1) is 8.66. The average molecular weight is 193 g/mol. The number of aliphatic hydroxyl groups excluding tert-OH is 1. The summed E-state index contributed by atoms with van der Waals surface area (Å²) < 4.78 is 1.14. The normalized spacial score (nSPS) is 13.4. The van der Waals surface area contributed by atoms with Crippen molar-refractivity contribution in [2.75, 3.05) is 0 Å². The van der Waals surface area contributed by atoms with E-state index >= 15 is 0 Å². The van der Waals surface area contributed by atoms with E-state index in [9.17, 15) is 5.11 Å². The lowest BCUT2D eigenvalue weighted by Crippen LogP contribution is -1.95. The third kappa shape index (κ3) is 1.57. The van der Waals surface area contributed by atoms with E-state index in [1.54, 1.807) is 17.5 Å². The Hall–Kier alpha value is -0.930. The van der Waals surface area contributed by atoms with Crippen LogP contribution in [0.5, 0.6) is 0 Å². The number of hydrogen-bond donors (Lipinski definition) is 1. The van der Waals surface area contributed by atoms with Crippen molar-refractivity contribution in [1.82, 2.24) is 4.98 Å². The van der Waals surface area contributed by atoms with Gasteiger partial charge >= 0.3 is 0 Å². The summed E-state index contributed by atoms with van der Waals surface area (Å²) >= 11 is 1.66. The van der Waals surface area contributed by atoms with E-state index in [0.29, 0.717) is 0 Å². The maximum absolute atomic E-state index is 9.59. The quantitative estimate of drug-likeness (QED) is 0.795. The monoisotopic (exact) mass is 193 g/mol. The number of nitrogens with zero attached hydrogens (tertiary/aromatic N) is 1. The lowest BCUT2D eigenvalue weighted by atomic mass is 10.1. The van der Waals surface area contributed by atoms with Gasteiger partial charge in [-0.15, -0.1) is 11.3 Å². The minimum Gasteiger partial charge on any atom is -0.388 e. The van der Waals surface area contributed by atoms with Gasteiger partial charge in [-0.3, -0.25) is 4.98 Å². The third-order valence-corrected chi connectivity index (χ3v) is 2.95. The molecule has 0 aliphatic rings. The van der Waals surface area contributed by atoms with Gasteiger partial charge in [-0.2, -0.15) is 0 Å². The van der Waals surface area contributed by atoms with Gasteiger partial charge in [-0.05, 0) is 23.9 Å². The summed E-state index contributed by atoms with van der Waals surface area (Å²) in [4.78, 5) is 4.26. The van der Waals surface area contributed by atoms with E-state index in [1.165, 1.54) is 0 Å². The third-order valence-electron chi connectivity index (χ3n) is 2.10. The van der Waals surface area contributed by atoms with Crippen LogP contribution in [0.2, 0.25) is 0 Å². The van der Waals surface area contributed by atoms with E-state index in [4.69, 9.17) is 0 Å². The Morgan fingerprint density at radius 1 is 1.62 bits per heavy atom. The highest BCUT2D eigenvalue weighted by atomic mass is 32.1. The van der Waals surface area contributed by atoms with Crippen LogP contribution >= 0.6 is 11.3 Å². The number of hydrogen-bond acceptors (Lipinski definition) is 3. The van der Waals surface area contributed by atoms with E-state index in [2.05, 4.69) is 4.98 Å². The van der Waals surface area contributed by atoms with Crippen LogP contribution in [0.25, 0.3) is 10.2 Å². The SMILES string of the molecule is CC[C@@H](O)c1cnc2ccsc2c1. The predicted molar refractivity (Wildman–Crippen MR) is 54.9 cm³/mol. The molecule has 0 saturated carbocycles. The molecule has 0 bridgehead atoms. The molecule has 68 valence electrons. The van der Waals surface area contributed by atoms with Crippen LogP contribution in [0.15, 0.2) is 23.7 Å². The molecule has 0 aliphatic heterocycles. The Morgan fingerprint density at radius 3 is 3.23 bits per heavy atom. The molecule has 0 unspecified atom stereocenters. The van der Waals surface area contributed by atoms with Crippen molar-refractivity contribution in [1.29, 1.82) is 0 Å². The van der Waals surface area contributed by atoms with Gasteiger partial charge in [0.15, 0.2) is 0 Å². The molecule has 0 aliphatic carbocycles. The van der Waals surface area contributed by atoms with Gasteiger partial charge in [0.25, 0.3) is 0 Å². The summed E-state index contributed by atoms with van der Waals surface area (Å²) in [5, 5.41) is 11.6. The number of aliphatic hydroxyl groups is 1. The molecule has 13 heavy (non-hydrogen) atoms. The largest absolute Gasteiger partial charge is 0.388 e. The lowest BCUT2D eigenvalue weighted by Gasteiger charge is -2.06. The smallest absolute Gasteiger partial charge is 0.0809 e. The summed E-state index contributed by atoms with van der Waals surface area (Å²) in [5.74, 6) is 0. The highest BCUT2D eigenvalue weighted by Gasteiger charge is 2.06. The van der Waals surface area contributed by atoms with Crippen LogP contribution < -0.4 is 0 Å². The van der Waals surface area contributed by atoms with E-state index < -0.39 is 0 Å². The van der Waals surface area contributed by atoms with Crippen molar-refractivity contribution in [2.45, 2.75) is 19.4 Å². The molecule has 2 rings (SSSR count). The molecule has 0 saturated heterocycles. The maximum Gasteiger partial charge on any atom is 0.0809 e. The topological polar surface area (TPSA) is 33.1 Å². The number of rotatable bonds is 2. The van der Waals surface area contributed by atoms with Crippen LogP contribution in [0.1, 0.15) is 25.0 Å².